The number of unbranched alkanes of at least 4 members (excludes halogenated alkanes) is 38. The van der Waals surface area contributed by atoms with E-state index in [9.17, 15) is 10.2 Å². The normalized spacial score (nSPS) is 11.9. The topological polar surface area (TPSA) is 75.5 Å². The van der Waals surface area contributed by atoms with Crippen molar-refractivity contribution in [2.75, 3.05) is 0 Å². The maximum absolute atomic E-state index is 10.0. The van der Waals surface area contributed by atoms with Crippen LogP contribution in [0.3, 0.4) is 0 Å². The average molecular weight is 731 g/mol. The molecule has 0 amide bonds. The summed E-state index contributed by atoms with van der Waals surface area (Å²) in [6.45, 7) is 4.59. The maximum atomic E-state index is 10.0. The number of alkyl halides is 1. The minimum atomic E-state index is -1.41. The highest BCUT2D eigenvalue weighted by atomic mass is 35.5. The van der Waals surface area contributed by atoms with E-state index in [0.29, 0.717) is 0 Å². The highest BCUT2D eigenvalue weighted by molar-refractivity contribution is 6.24. The summed E-state index contributed by atoms with van der Waals surface area (Å²) in [5, 5.41) is 20.0. The monoisotopic (exact) mass is 730 g/mol. The largest absolute Gasteiger partial charge is 0.367 e. The highest BCUT2D eigenvalue weighted by Crippen LogP contribution is 2.32. The third kappa shape index (κ3) is 39.4. The van der Waals surface area contributed by atoms with E-state index >= 15 is 0 Å². The Morgan fingerprint density at radius 3 is 0.580 bits per heavy atom. The van der Waals surface area contributed by atoms with Crippen LogP contribution >= 0.6 is 11.6 Å². The Hall–Kier alpha value is 0.170. The summed E-state index contributed by atoms with van der Waals surface area (Å²) in [5.74, 6) is 0. The average Bonchev–Trinajstić information content (AvgIpc) is 3.09. The van der Waals surface area contributed by atoms with Gasteiger partial charge < -0.3 is 16.4 Å². The van der Waals surface area contributed by atoms with Crippen LogP contribution in [0.1, 0.15) is 284 Å². The van der Waals surface area contributed by atoms with Crippen molar-refractivity contribution in [2.24, 2.45) is 0 Å². The molecular weight excluding hydrogens is 634 g/mol. The number of aliphatic hydroxyl groups is 2. The maximum Gasteiger partial charge on any atom is 0.170 e. The van der Waals surface area contributed by atoms with Gasteiger partial charge in [0, 0.05) is 0 Å². The van der Waals surface area contributed by atoms with Crippen molar-refractivity contribution < 1.29 is 10.2 Å². The highest BCUT2D eigenvalue weighted by Gasteiger charge is 2.33. The van der Waals surface area contributed by atoms with Gasteiger partial charge in [0.1, 0.15) is 0 Å². The molecular formula is C46H96ClNO2. The zero-order valence-corrected chi connectivity index (χ0v) is 35.5. The van der Waals surface area contributed by atoms with Crippen molar-refractivity contribution in [3.8, 4) is 0 Å². The summed E-state index contributed by atoms with van der Waals surface area (Å²) in [4.78, 5) is -0.845. The number of rotatable bonds is 43. The van der Waals surface area contributed by atoms with Gasteiger partial charge in [-0.2, -0.15) is 0 Å². The minimum Gasteiger partial charge on any atom is -0.367 e. The van der Waals surface area contributed by atoms with E-state index in [2.05, 4.69) is 13.8 Å². The molecule has 0 heterocycles. The Labute approximate surface area is 321 Å². The first-order chi connectivity index (χ1) is 24.1. The lowest BCUT2D eigenvalue weighted by Crippen LogP contribution is -2.36. The Morgan fingerprint density at radius 2 is 0.440 bits per heavy atom. The number of aliphatic hydroxyl groups excluding tert-OH is 1. The lowest BCUT2D eigenvalue weighted by Gasteiger charge is -2.29. The summed E-state index contributed by atoms with van der Waals surface area (Å²) in [7, 11) is 0. The van der Waals surface area contributed by atoms with Crippen LogP contribution in [-0.2, 0) is 0 Å². The standard InChI is InChI=1S/C46H93ClO2.H3N/c1-3-5-7-9-11-13-15-17-19-21-23-25-27-29-31-33-35-37-39-41-43-46(47,45(48)49)44-42-40-38-36-34-32-30-28-26-24-22-20-18-16-14-12-10-8-6-4-2;/h45,48-49H,3-44H2,1-2H3;1H3. The molecule has 50 heavy (non-hydrogen) atoms. The van der Waals surface area contributed by atoms with Gasteiger partial charge in [0.05, 0.1) is 4.87 Å². The van der Waals surface area contributed by atoms with Crippen LogP contribution in [0.4, 0.5) is 0 Å². The molecule has 0 aliphatic heterocycles. The number of hydrogen-bond acceptors (Lipinski definition) is 3. The molecule has 0 bridgehead atoms. The molecule has 0 radical (unpaired) electrons. The van der Waals surface area contributed by atoms with Crippen molar-refractivity contribution in [2.45, 2.75) is 295 Å². The molecule has 5 N–H and O–H groups in total. The molecule has 0 aliphatic rings. The molecule has 304 valence electrons. The molecule has 0 aromatic carbocycles. The summed E-state index contributed by atoms with van der Waals surface area (Å²) in [5.41, 5.74) is 0. The fraction of sp³-hybridized carbons (Fsp3) is 1.00. The van der Waals surface area contributed by atoms with Gasteiger partial charge in [-0.25, -0.2) is 0 Å². The fourth-order valence-corrected chi connectivity index (χ4v) is 8.00. The fourth-order valence-electron chi connectivity index (χ4n) is 7.73. The van der Waals surface area contributed by atoms with E-state index in [-0.39, 0.29) is 6.15 Å². The Balaban J connectivity index is 0. The van der Waals surface area contributed by atoms with Crippen LogP contribution in [0.25, 0.3) is 0 Å². The molecule has 0 rings (SSSR count). The summed E-state index contributed by atoms with van der Waals surface area (Å²) in [6.07, 6.45) is 55.2. The quantitative estimate of drug-likeness (QED) is 0.0332. The van der Waals surface area contributed by atoms with Gasteiger partial charge in [0.15, 0.2) is 6.29 Å². The van der Waals surface area contributed by atoms with Crippen molar-refractivity contribution in [1.82, 2.24) is 6.15 Å². The van der Waals surface area contributed by atoms with Crippen LogP contribution in [0, 0.1) is 0 Å². The third-order valence-electron chi connectivity index (χ3n) is 11.4. The third-order valence-corrected chi connectivity index (χ3v) is 11.9. The van der Waals surface area contributed by atoms with Gasteiger partial charge in [-0.1, -0.05) is 271 Å². The van der Waals surface area contributed by atoms with Gasteiger partial charge in [-0.05, 0) is 12.8 Å². The molecule has 0 spiro atoms. The van der Waals surface area contributed by atoms with Crippen LogP contribution in [0.15, 0.2) is 0 Å². The summed E-state index contributed by atoms with van der Waals surface area (Å²) >= 11 is 6.75. The molecule has 0 fully saturated rings. The minimum absolute atomic E-state index is 0. The second kappa shape index (κ2) is 43.6. The molecule has 0 aliphatic carbocycles. The molecule has 0 saturated carbocycles. The predicted molar refractivity (Wildman–Crippen MR) is 227 cm³/mol. The smallest absolute Gasteiger partial charge is 0.170 e. The zero-order chi connectivity index (χ0) is 35.8. The van der Waals surface area contributed by atoms with E-state index in [1.165, 1.54) is 244 Å². The van der Waals surface area contributed by atoms with Gasteiger partial charge in [-0.15, -0.1) is 11.6 Å². The van der Waals surface area contributed by atoms with Crippen molar-refractivity contribution in [3.63, 3.8) is 0 Å². The lowest BCUT2D eigenvalue weighted by molar-refractivity contribution is -0.0770. The van der Waals surface area contributed by atoms with E-state index in [0.717, 1.165) is 25.7 Å². The first-order valence-corrected chi connectivity index (χ1v) is 23.5. The van der Waals surface area contributed by atoms with Crippen LogP contribution < -0.4 is 6.15 Å². The Morgan fingerprint density at radius 1 is 0.300 bits per heavy atom. The zero-order valence-electron chi connectivity index (χ0n) is 34.8. The van der Waals surface area contributed by atoms with Gasteiger partial charge >= 0.3 is 0 Å². The number of hydrogen-bond donors (Lipinski definition) is 3. The molecule has 0 aromatic rings. The molecule has 4 heteroatoms. The first-order valence-electron chi connectivity index (χ1n) is 23.1. The first kappa shape index (κ1) is 52.3. The van der Waals surface area contributed by atoms with E-state index in [1.54, 1.807) is 0 Å². The van der Waals surface area contributed by atoms with Crippen LogP contribution in [-0.4, -0.2) is 21.4 Å². The summed E-state index contributed by atoms with van der Waals surface area (Å²) < 4.78 is 0. The predicted octanol–water partition coefficient (Wildman–Crippen LogP) is 16.9. The van der Waals surface area contributed by atoms with Crippen LogP contribution in [0.5, 0.6) is 0 Å². The van der Waals surface area contributed by atoms with Crippen molar-refractivity contribution in [3.05, 3.63) is 0 Å². The van der Waals surface area contributed by atoms with E-state index < -0.39 is 11.2 Å². The van der Waals surface area contributed by atoms with Crippen molar-refractivity contribution >= 4 is 11.6 Å². The van der Waals surface area contributed by atoms with Crippen molar-refractivity contribution in [1.29, 1.82) is 0 Å². The Kier molecular flexibility index (Phi) is 45.6. The second-order valence-electron chi connectivity index (χ2n) is 16.3. The van der Waals surface area contributed by atoms with Crippen LogP contribution in [0.2, 0.25) is 0 Å². The van der Waals surface area contributed by atoms with Gasteiger partial charge in [0.2, 0.25) is 0 Å². The SMILES string of the molecule is CCCCCCCCCCCCCCCCCCCCCCC(Cl)(CCCCCCCCCCCCCCCCCCCCCC)C(O)O.N. The molecule has 0 unspecified atom stereocenters. The second-order valence-corrected chi connectivity index (χ2v) is 17.1. The van der Waals surface area contributed by atoms with Gasteiger partial charge in [-0.3, -0.25) is 0 Å². The number of halogens is 1. The molecule has 0 saturated heterocycles. The molecule has 0 atom stereocenters. The van der Waals surface area contributed by atoms with E-state index in [4.69, 9.17) is 11.6 Å². The molecule has 0 aromatic heterocycles. The lowest BCUT2D eigenvalue weighted by atomic mass is 9.92. The molecule has 3 nitrogen and oxygen atoms in total. The van der Waals surface area contributed by atoms with Gasteiger partial charge in [0.25, 0.3) is 0 Å². The summed E-state index contributed by atoms with van der Waals surface area (Å²) in [6, 6.07) is 0. The van der Waals surface area contributed by atoms with E-state index in [1.807, 2.05) is 0 Å². The Bertz CT molecular complexity index is 557.